The van der Waals surface area contributed by atoms with Gasteiger partial charge in [0.2, 0.25) is 0 Å². The van der Waals surface area contributed by atoms with E-state index >= 15 is 0 Å². The SMILES string of the molecule is CCOC(=O)c1c(NC(=O)c2ccnn2CC(=O)O)sc2c1CCCC2. The molecule has 2 aromatic heterocycles. The van der Waals surface area contributed by atoms with Crippen LogP contribution in [0.5, 0.6) is 0 Å². The number of fused-ring (bicyclic) bond motifs is 1. The number of hydrogen-bond acceptors (Lipinski definition) is 6. The van der Waals surface area contributed by atoms with Gasteiger partial charge in [0, 0.05) is 11.1 Å². The number of hydrogen-bond donors (Lipinski definition) is 2. The second-order valence-corrected chi connectivity index (χ2v) is 6.96. The van der Waals surface area contributed by atoms with Gasteiger partial charge < -0.3 is 15.2 Å². The fourth-order valence-electron chi connectivity index (χ4n) is 3.02. The molecule has 0 fully saturated rings. The molecule has 26 heavy (non-hydrogen) atoms. The number of carbonyl (C=O) groups excluding carboxylic acids is 2. The zero-order valence-electron chi connectivity index (χ0n) is 14.3. The van der Waals surface area contributed by atoms with Crippen LogP contribution in [0.25, 0.3) is 0 Å². The highest BCUT2D eigenvalue weighted by atomic mass is 32.1. The molecule has 0 saturated heterocycles. The van der Waals surface area contributed by atoms with Crippen molar-refractivity contribution in [2.24, 2.45) is 0 Å². The number of carboxylic acid groups (broad SMARTS) is 1. The summed E-state index contributed by atoms with van der Waals surface area (Å²) in [5.74, 6) is -2.05. The van der Waals surface area contributed by atoms with Crippen molar-refractivity contribution in [3.05, 3.63) is 34.0 Å². The van der Waals surface area contributed by atoms with Gasteiger partial charge in [-0.05, 0) is 44.2 Å². The summed E-state index contributed by atoms with van der Waals surface area (Å²) in [6.07, 6.45) is 5.07. The summed E-state index contributed by atoms with van der Waals surface area (Å²) < 4.78 is 6.27. The number of anilines is 1. The molecule has 0 aromatic carbocycles. The minimum absolute atomic E-state index is 0.119. The van der Waals surface area contributed by atoms with Crippen LogP contribution >= 0.6 is 11.3 Å². The highest BCUT2D eigenvalue weighted by molar-refractivity contribution is 7.17. The molecular weight excluding hydrogens is 358 g/mol. The van der Waals surface area contributed by atoms with Gasteiger partial charge in [0.05, 0.1) is 12.2 Å². The van der Waals surface area contributed by atoms with Crippen molar-refractivity contribution in [1.82, 2.24) is 9.78 Å². The maximum absolute atomic E-state index is 12.6. The lowest BCUT2D eigenvalue weighted by atomic mass is 9.95. The van der Waals surface area contributed by atoms with E-state index in [0.29, 0.717) is 10.6 Å². The molecule has 2 N–H and O–H groups in total. The summed E-state index contributed by atoms with van der Waals surface area (Å²) >= 11 is 1.38. The Labute approximate surface area is 153 Å². The average molecular weight is 377 g/mol. The third kappa shape index (κ3) is 3.62. The van der Waals surface area contributed by atoms with Crippen molar-refractivity contribution in [2.75, 3.05) is 11.9 Å². The number of esters is 1. The number of carboxylic acids is 1. The fraction of sp³-hybridized carbons (Fsp3) is 0.412. The van der Waals surface area contributed by atoms with Crippen LogP contribution in [0.1, 0.15) is 51.1 Å². The third-order valence-corrected chi connectivity index (χ3v) is 5.32. The second-order valence-electron chi connectivity index (χ2n) is 5.86. The Morgan fingerprint density at radius 3 is 2.85 bits per heavy atom. The number of aliphatic carboxylic acids is 1. The monoisotopic (exact) mass is 377 g/mol. The van der Waals surface area contributed by atoms with Crippen LogP contribution in [0, 0.1) is 0 Å². The predicted octanol–water partition coefficient (Wildman–Crippen LogP) is 2.34. The summed E-state index contributed by atoms with van der Waals surface area (Å²) in [6.45, 7) is 1.57. The van der Waals surface area contributed by atoms with Crippen molar-refractivity contribution in [3.63, 3.8) is 0 Å². The number of aryl methyl sites for hydroxylation is 1. The van der Waals surface area contributed by atoms with E-state index in [2.05, 4.69) is 10.4 Å². The molecule has 1 aliphatic rings. The van der Waals surface area contributed by atoms with E-state index in [-0.39, 0.29) is 12.3 Å². The number of nitrogens with one attached hydrogen (secondary N) is 1. The predicted molar refractivity (Wildman–Crippen MR) is 94.7 cm³/mol. The molecule has 1 amide bonds. The molecule has 1 aliphatic carbocycles. The zero-order chi connectivity index (χ0) is 18.7. The van der Waals surface area contributed by atoms with Crippen LogP contribution in [-0.2, 0) is 28.9 Å². The van der Waals surface area contributed by atoms with Crippen LogP contribution in [0.15, 0.2) is 12.3 Å². The first-order chi connectivity index (χ1) is 12.5. The number of rotatable bonds is 6. The topological polar surface area (TPSA) is 111 Å². The minimum Gasteiger partial charge on any atom is -0.480 e. The van der Waals surface area contributed by atoms with Crippen molar-refractivity contribution in [3.8, 4) is 0 Å². The van der Waals surface area contributed by atoms with Gasteiger partial charge in [-0.2, -0.15) is 5.10 Å². The Morgan fingerprint density at radius 2 is 2.12 bits per heavy atom. The lowest BCUT2D eigenvalue weighted by molar-refractivity contribution is -0.137. The quantitative estimate of drug-likeness (QED) is 0.748. The van der Waals surface area contributed by atoms with Crippen LogP contribution in [0.2, 0.25) is 0 Å². The molecule has 0 aliphatic heterocycles. The summed E-state index contributed by atoms with van der Waals surface area (Å²) in [6, 6.07) is 1.44. The molecule has 0 unspecified atom stereocenters. The van der Waals surface area contributed by atoms with Gasteiger partial charge >= 0.3 is 11.9 Å². The molecular formula is C17H19N3O5S. The van der Waals surface area contributed by atoms with E-state index in [0.717, 1.165) is 40.8 Å². The first-order valence-corrected chi connectivity index (χ1v) is 9.19. The molecule has 0 bridgehead atoms. The van der Waals surface area contributed by atoms with E-state index in [1.54, 1.807) is 6.92 Å². The van der Waals surface area contributed by atoms with Crippen LogP contribution in [0.4, 0.5) is 5.00 Å². The van der Waals surface area contributed by atoms with Gasteiger partial charge in [-0.25, -0.2) is 9.48 Å². The molecule has 0 spiro atoms. The summed E-state index contributed by atoms with van der Waals surface area (Å²) in [5, 5.41) is 16.0. The number of ether oxygens (including phenoxy) is 1. The smallest absolute Gasteiger partial charge is 0.341 e. The number of nitrogens with zero attached hydrogens (tertiary/aromatic N) is 2. The lowest BCUT2D eigenvalue weighted by Crippen LogP contribution is -2.21. The van der Waals surface area contributed by atoms with Crippen molar-refractivity contribution in [2.45, 2.75) is 39.2 Å². The zero-order valence-corrected chi connectivity index (χ0v) is 15.1. The third-order valence-electron chi connectivity index (χ3n) is 4.11. The first kappa shape index (κ1) is 18.1. The highest BCUT2D eigenvalue weighted by Gasteiger charge is 2.28. The number of aromatic nitrogens is 2. The van der Waals surface area contributed by atoms with Crippen LogP contribution in [-0.4, -0.2) is 39.3 Å². The minimum atomic E-state index is -1.10. The van der Waals surface area contributed by atoms with E-state index in [4.69, 9.17) is 9.84 Å². The molecule has 0 radical (unpaired) electrons. The van der Waals surface area contributed by atoms with E-state index in [1.165, 1.54) is 23.6 Å². The highest BCUT2D eigenvalue weighted by Crippen LogP contribution is 2.38. The second kappa shape index (κ2) is 7.69. The molecule has 3 rings (SSSR count). The fourth-order valence-corrected chi connectivity index (χ4v) is 4.29. The Morgan fingerprint density at radius 1 is 1.35 bits per heavy atom. The van der Waals surface area contributed by atoms with Crippen molar-refractivity contribution >= 4 is 34.2 Å². The molecule has 2 heterocycles. The van der Waals surface area contributed by atoms with E-state index in [1.807, 2.05) is 0 Å². The van der Waals surface area contributed by atoms with Crippen molar-refractivity contribution < 1.29 is 24.2 Å². The summed E-state index contributed by atoms with van der Waals surface area (Å²) in [4.78, 5) is 37.0. The van der Waals surface area contributed by atoms with Gasteiger partial charge in [-0.3, -0.25) is 9.59 Å². The van der Waals surface area contributed by atoms with Gasteiger partial charge in [-0.15, -0.1) is 11.3 Å². The molecule has 8 nitrogen and oxygen atoms in total. The summed E-state index contributed by atoms with van der Waals surface area (Å²) in [7, 11) is 0. The van der Waals surface area contributed by atoms with E-state index in [9.17, 15) is 14.4 Å². The van der Waals surface area contributed by atoms with Gasteiger partial charge in [0.1, 0.15) is 17.2 Å². The standard InChI is InChI=1S/C17H19N3O5S/c1-2-25-17(24)14-10-5-3-4-6-12(10)26-16(14)19-15(23)11-7-8-18-20(11)9-13(21)22/h7-8H,2-6,9H2,1H3,(H,19,23)(H,21,22). The number of thiophene rings is 1. The lowest BCUT2D eigenvalue weighted by Gasteiger charge is -2.12. The van der Waals surface area contributed by atoms with Crippen LogP contribution < -0.4 is 5.32 Å². The van der Waals surface area contributed by atoms with Gasteiger partial charge in [0.15, 0.2) is 0 Å². The van der Waals surface area contributed by atoms with Gasteiger partial charge in [-0.1, -0.05) is 0 Å². The van der Waals surface area contributed by atoms with Crippen molar-refractivity contribution in [1.29, 1.82) is 0 Å². The largest absolute Gasteiger partial charge is 0.480 e. The molecule has 2 aromatic rings. The Hall–Kier alpha value is -2.68. The van der Waals surface area contributed by atoms with E-state index < -0.39 is 24.4 Å². The summed E-state index contributed by atoms with van der Waals surface area (Å²) in [5.41, 5.74) is 1.49. The molecule has 9 heteroatoms. The number of carbonyl (C=O) groups is 3. The maximum atomic E-state index is 12.6. The maximum Gasteiger partial charge on any atom is 0.341 e. The molecule has 138 valence electrons. The molecule has 0 saturated carbocycles. The molecule has 0 atom stereocenters. The Kier molecular flexibility index (Phi) is 5.36. The Balaban J connectivity index is 1.91. The van der Waals surface area contributed by atoms with Gasteiger partial charge in [0.25, 0.3) is 5.91 Å². The normalized spacial score (nSPS) is 13.1. The first-order valence-electron chi connectivity index (χ1n) is 8.37. The van der Waals surface area contributed by atoms with Crippen LogP contribution in [0.3, 0.4) is 0 Å². The number of amides is 1. The average Bonchev–Trinajstić information content (AvgIpc) is 3.18. The Bertz CT molecular complexity index is 855.